The van der Waals surface area contributed by atoms with E-state index >= 15 is 0 Å². The van der Waals surface area contributed by atoms with Gasteiger partial charge in [-0.2, -0.15) is 0 Å². The molecule has 3 N–H and O–H groups in total. The summed E-state index contributed by atoms with van der Waals surface area (Å²) in [6.07, 6.45) is 0. The first kappa shape index (κ1) is 12.7. The van der Waals surface area contributed by atoms with Crippen LogP contribution in [0.5, 0.6) is 0 Å². The molecule has 2 nitrogen and oxygen atoms in total. The Hall–Kier alpha value is -1.74. The smallest absolute Gasteiger partial charge is 0.123 e. The molecule has 0 saturated carbocycles. The number of hydrogen-bond acceptors (Lipinski definition) is 2. The van der Waals surface area contributed by atoms with Crippen LogP contribution >= 0.6 is 11.8 Å². The van der Waals surface area contributed by atoms with Gasteiger partial charge in [-0.25, -0.2) is 0 Å². The molecule has 2 aromatic carbocycles. The van der Waals surface area contributed by atoms with E-state index in [-0.39, 0.29) is 5.84 Å². The van der Waals surface area contributed by atoms with E-state index in [9.17, 15) is 0 Å². The highest BCUT2D eigenvalue weighted by Crippen LogP contribution is 2.26. The molecule has 3 heteroatoms. The standard InChI is InChI=1S/C15H16N2S/c1-11-6-2-5-9-14(11)18-10-12-7-3-4-8-13(12)15(16)17/h2-9H,10H2,1H3,(H3,16,17). The molecule has 2 rings (SSSR count). The Morgan fingerprint density at radius 1 is 1.11 bits per heavy atom. The molecule has 0 atom stereocenters. The van der Waals surface area contributed by atoms with Crippen molar-refractivity contribution < 1.29 is 0 Å². The average Bonchev–Trinajstić information content (AvgIpc) is 2.38. The summed E-state index contributed by atoms with van der Waals surface area (Å²) in [5, 5.41) is 7.57. The first-order valence-corrected chi connectivity index (χ1v) is 6.78. The molecule has 18 heavy (non-hydrogen) atoms. The second-order valence-corrected chi connectivity index (χ2v) is 5.14. The maximum atomic E-state index is 7.57. The number of rotatable bonds is 4. The SMILES string of the molecule is Cc1ccccc1SCc1ccccc1C(=N)N. The van der Waals surface area contributed by atoms with Crippen molar-refractivity contribution in [2.75, 3.05) is 0 Å². The van der Waals surface area contributed by atoms with Gasteiger partial charge in [-0.1, -0.05) is 42.5 Å². The number of benzene rings is 2. The van der Waals surface area contributed by atoms with Gasteiger partial charge in [0.2, 0.25) is 0 Å². The number of hydrogen-bond donors (Lipinski definition) is 2. The summed E-state index contributed by atoms with van der Waals surface area (Å²) in [5.41, 5.74) is 8.81. The summed E-state index contributed by atoms with van der Waals surface area (Å²) in [6.45, 7) is 2.11. The normalized spacial score (nSPS) is 10.3. The van der Waals surface area contributed by atoms with Crippen LogP contribution in [-0.4, -0.2) is 5.84 Å². The Morgan fingerprint density at radius 2 is 1.78 bits per heavy atom. The molecule has 0 radical (unpaired) electrons. The van der Waals surface area contributed by atoms with E-state index in [1.165, 1.54) is 10.5 Å². The van der Waals surface area contributed by atoms with Gasteiger partial charge in [0, 0.05) is 16.2 Å². The monoisotopic (exact) mass is 256 g/mol. The van der Waals surface area contributed by atoms with Crippen LogP contribution in [0.4, 0.5) is 0 Å². The third-order valence-electron chi connectivity index (χ3n) is 2.78. The van der Waals surface area contributed by atoms with E-state index in [1.54, 1.807) is 11.8 Å². The molecule has 0 amide bonds. The number of nitrogens with one attached hydrogen (secondary N) is 1. The van der Waals surface area contributed by atoms with Crippen LogP contribution in [0.3, 0.4) is 0 Å². The Balaban J connectivity index is 2.16. The molecule has 2 aromatic rings. The fourth-order valence-electron chi connectivity index (χ4n) is 1.78. The van der Waals surface area contributed by atoms with E-state index < -0.39 is 0 Å². The average molecular weight is 256 g/mol. The number of aryl methyl sites for hydroxylation is 1. The van der Waals surface area contributed by atoms with Crippen molar-refractivity contribution in [1.82, 2.24) is 0 Å². The summed E-state index contributed by atoms with van der Waals surface area (Å²) in [6, 6.07) is 16.2. The van der Waals surface area contributed by atoms with Gasteiger partial charge >= 0.3 is 0 Å². The molecule has 0 aliphatic rings. The zero-order valence-electron chi connectivity index (χ0n) is 10.3. The van der Waals surface area contributed by atoms with Crippen LogP contribution in [0.1, 0.15) is 16.7 Å². The third kappa shape index (κ3) is 2.93. The van der Waals surface area contributed by atoms with Crippen LogP contribution in [0.25, 0.3) is 0 Å². The lowest BCUT2D eigenvalue weighted by Gasteiger charge is -2.09. The maximum absolute atomic E-state index is 7.57. The highest BCUT2D eigenvalue weighted by atomic mass is 32.2. The minimum Gasteiger partial charge on any atom is -0.384 e. The molecule has 0 aromatic heterocycles. The number of nitrogen functional groups attached to an aromatic ring is 1. The highest BCUT2D eigenvalue weighted by molar-refractivity contribution is 7.98. The second-order valence-electron chi connectivity index (χ2n) is 4.12. The van der Waals surface area contributed by atoms with Crippen molar-refractivity contribution >= 4 is 17.6 Å². The molecular weight excluding hydrogens is 240 g/mol. The summed E-state index contributed by atoms with van der Waals surface area (Å²) < 4.78 is 0. The van der Waals surface area contributed by atoms with Gasteiger partial charge in [0.25, 0.3) is 0 Å². The summed E-state index contributed by atoms with van der Waals surface area (Å²) >= 11 is 1.78. The number of thioether (sulfide) groups is 1. The zero-order valence-corrected chi connectivity index (χ0v) is 11.1. The first-order valence-electron chi connectivity index (χ1n) is 5.79. The summed E-state index contributed by atoms with van der Waals surface area (Å²) in [5.74, 6) is 0.969. The molecule has 92 valence electrons. The van der Waals surface area contributed by atoms with Gasteiger partial charge in [0.1, 0.15) is 5.84 Å². The summed E-state index contributed by atoms with van der Waals surface area (Å²) in [7, 11) is 0. The van der Waals surface area contributed by atoms with Gasteiger partial charge < -0.3 is 5.73 Å². The predicted molar refractivity (Wildman–Crippen MR) is 78.2 cm³/mol. The molecule has 0 spiro atoms. The summed E-state index contributed by atoms with van der Waals surface area (Å²) in [4.78, 5) is 1.27. The minimum atomic E-state index is 0.135. The Kier molecular flexibility index (Phi) is 4.05. The molecule has 0 bridgehead atoms. The van der Waals surface area contributed by atoms with Gasteiger partial charge in [-0.15, -0.1) is 11.8 Å². The molecule has 0 aliphatic carbocycles. The van der Waals surface area contributed by atoms with E-state index in [4.69, 9.17) is 11.1 Å². The number of amidine groups is 1. The largest absolute Gasteiger partial charge is 0.384 e. The molecule has 0 heterocycles. The molecule has 0 fully saturated rings. The van der Waals surface area contributed by atoms with E-state index in [2.05, 4.69) is 19.1 Å². The first-order chi connectivity index (χ1) is 8.68. The molecule has 0 aliphatic heterocycles. The fraction of sp³-hybridized carbons (Fsp3) is 0.133. The lowest BCUT2D eigenvalue weighted by molar-refractivity contribution is 1.28. The third-order valence-corrected chi connectivity index (χ3v) is 4.01. The van der Waals surface area contributed by atoms with Crippen LogP contribution in [0, 0.1) is 12.3 Å². The Labute approximate surface area is 112 Å². The van der Waals surface area contributed by atoms with Crippen LogP contribution in [0.15, 0.2) is 53.4 Å². The van der Waals surface area contributed by atoms with Gasteiger partial charge in [-0.05, 0) is 24.1 Å². The Morgan fingerprint density at radius 3 is 2.50 bits per heavy atom. The second kappa shape index (κ2) is 5.74. The molecule has 0 saturated heterocycles. The molecular formula is C15H16N2S. The lowest BCUT2D eigenvalue weighted by atomic mass is 10.1. The zero-order chi connectivity index (χ0) is 13.0. The van der Waals surface area contributed by atoms with Crippen LogP contribution in [-0.2, 0) is 5.75 Å². The van der Waals surface area contributed by atoms with Crippen molar-refractivity contribution in [3.05, 3.63) is 65.2 Å². The van der Waals surface area contributed by atoms with E-state index in [1.807, 2.05) is 36.4 Å². The van der Waals surface area contributed by atoms with Gasteiger partial charge in [0.05, 0.1) is 0 Å². The van der Waals surface area contributed by atoms with Gasteiger partial charge in [-0.3, -0.25) is 5.41 Å². The highest BCUT2D eigenvalue weighted by Gasteiger charge is 2.05. The predicted octanol–water partition coefficient (Wildman–Crippen LogP) is 3.57. The van der Waals surface area contributed by atoms with E-state index in [0.29, 0.717) is 0 Å². The number of nitrogens with two attached hydrogens (primary N) is 1. The minimum absolute atomic E-state index is 0.135. The Bertz CT molecular complexity index is 564. The van der Waals surface area contributed by atoms with Crippen molar-refractivity contribution in [2.24, 2.45) is 5.73 Å². The molecule has 0 unspecified atom stereocenters. The van der Waals surface area contributed by atoms with Crippen molar-refractivity contribution in [1.29, 1.82) is 5.41 Å². The maximum Gasteiger partial charge on any atom is 0.123 e. The quantitative estimate of drug-likeness (QED) is 0.499. The van der Waals surface area contributed by atoms with Crippen LogP contribution in [0.2, 0.25) is 0 Å². The fourth-order valence-corrected chi connectivity index (χ4v) is 2.82. The van der Waals surface area contributed by atoms with Crippen molar-refractivity contribution in [3.8, 4) is 0 Å². The van der Waals surface area contributed by atoms with E-state index in [0.717, 1.165) is 16.9 Å². The van der Waals surface area contributed by atoms with Crippen molar-refractivity contribution in [2.45, 2.75) is 17.6 Å². The van der Waals surface area contributed by atoms with Crippen LogP contribution < -0.4 is 5.73 Å². The topological polar surface area (TPSA) is 49.9 Å². The van der Waals surface area contributed by atoms with Crippen molar-refractivity contribution in [3.63, 3.8) is 0 Å². The lowest BCUT2D eigenvalue weighted by Crippen LogP contribution is -2.13. The van der Waals surface area contributed by atoms with Gasteiger partial charge in [0.15, 0.2) is 0 Å².